The Morgan fingerprint density at radius 3 is 2.29 bits per heavy atom. The Kier molecular flexibility index (Phi) is 6.79. The van der Waals surface area contributed by atoms with E-state index in [9.17, 15) is 27.2 Å². The molecule has 2 rings (SSSR count). The number of hydrogen-bond acceptors (Lipinski definition) is 6. The Morgan fingerprint density at radius 2 is 1.68 bits per heavy atom. The Bertz CT molecular complexity index is 992. The predicted octanol–water partition coefficient (Wildman–Crippen LogP) is 0.385. The first kappa shape index (κ1) is 21.0. The summed E-state index contributed by atoms with van der Waals surface area (Å²) in [6.07, 6.45) is 0. The molecule has 9 nitrogen and oxygen atoms in total. The average molecular weight is 409 g/mol. The number of esters is 1. The van der Waals surface area contributed by atoms with Crippen molar-refractivity contribution in [3.05, 3.63) is 59.9 Å². The number of anilines is 1. The molecule has 28 heavy (non-hydrogen) atoms. The van der Waals surface area contributed by atoms with Crippen LogP contribution in [-0.4, -0.2) is 39.4 Å². The zero-order chi connectivity index (χ0) is 20.7. The maximum atomic E-state index is 13.4. The van der Waals surface area contributed by atoms with Gasteiger partial charge >= 0.3 is 5.97 Å². The van der Waals surface area contributed by atoms with E-state index in [2.05, 4.69) is 10.6 Å². The van der Waals surface area contributed by atoms with Crippen molar-refractivity contribution in [2.45, 2.75) is 4.90 Å². The summed E-state index contributed by atoms with van der Waals surface area (Å²) in [5.41, 5.74) is 0.0392. The van der Waals surface area contributed by atoms with Gasteiger partial charge in [0.2, 0.25) is 10.0 Å². The van der Waals surface area contributed by atoms with Gasteiger partial charge in [-0.1, -0.05) is 12.1 Å². The normalized spacial score (nSPS) is 10.8. The highest BCUT2D eigenvalue weighted by Crippen LogP contribution is 2.12. The fourth-order valence-corrected chi connectivity index (χ4v) is 2.53. The van der Waals surface area contributed by atoms with Crippen LogP contribution in [0.3, 0.4) is 0 Å². The highest BCUT2D eigenvalue weighted by Gasteiger charge is 2.14. The van der Waals surface area contributed by atoms with Gasteiger partial charge in [-0.15, -0.1) is 0 Å². The Hall–Kier alpha value is -3.31. The molecule has 0 aliphatic heterocycles. The van der Waals surface area contributed by atoms with Gasteiger partial charge in [-0.2, -0.15) is 0 Å². The third-order valence-corrected chi connectivity index (χ3v) is 4.27. The van der Waals surface area contributed by atoms with Gasteiger partial charge in [-0.05, 0) is 36.4 Å². The molecule has 0 aliphatic carbocycles. The molecular weight excluding hydrogens is 393 g/mol. The first-order chi connectivity index (χ1) is 13.2. The molecule has 11 heteroatoms. The van der Waals surface area contributed by atoms with Crippen LogP contribution in [0, 0.1) is 5.82 Å². The lowest BCUT2D eigenvalue weighted by molar-refractivity contribution is -0.146. The second kappa shape index (κ2) is 9.06. The Balaban J connectivity index is 1.77. The van der Waals surface area contributed by atoms with Gasteiger partial charge in [0, 0.05) is 5.69 Å². The summed E-state index contributed by atoms with van der Waals surface area (Å²) in [5, 5.41) is 9.53. The van der Waals surface area contributed by atoms with Crippen LogP contribution < -0.4 is 15.8 Å². The van der Waals surface area contributed by atoms with E-state index in [1.165, 1.54) is 42.5 Å². The van der Waals surface area contributed by atoms with E-state index in [1.807, 2.05) is 0 Å². The van der Waals surface area contributed by atoms with Crippen molar-refractivity contribution in [2.75, 3.05) is 18.5 Å². The second-order valence-electron chi connectivity index (χ2n) is 5.44. The molecule has 0 saturated carbocycles. The van der Waals surface area contributed by atoms with Gasteiger partial charge in [0.15, 0.2) is 6.61 Å². The molecular formula is C17H16FN3O6S. The molecule has 0 heterocycles. The molecule has 2 aromatic rings. The number of rotatable bonds is 7. The SMILES string of the molecule is NS(=O)(=O)c1ccc(NC(=O)COC(=O)CNC(=O)c2ccccc2F)cc1. The monoisotopic (exact) mass is 409 g/mol. The molecule has 0 radical (unpaired) electrons. The first-order valence-corrected chi connectivity index (χ1v) is 9.32. The minimum atomic E-state index is -3.85. The number of halogens is 1. The zero-order valence-corrected chi connectivity index (χ0v) is 15.2. The van der Waals surface area contributed by atoms with E-state index >= 15 is 0 Å². The predicted molar refractivity (Wildman–Crippen MR) is 96.1 cm³/mol. The van der Waals surface area contributed by atoms with Crippen LogP contribution in [0.15, 0.2) is 53.4 Å². The number of sulfonamides is 1. The van der Waals surface area contributed by atoms with Gasteiger partial charge < -0.3 is 15.4 Å². The van der Waals surface area contributed by atoms with Gasteiger partial charge in [-0.25, -0.2) is 17.9 Å². The largest absolute Gasteiger partial charge is 0.454 e. The number of carbonyl (C=O) groups excluding carboxylic acids is 3. The van der Waals surface area contributed by atoms with Gasteiger partial charge in [0.1, 0.15) is 12.4 Å². The van der Waals surface area contributed by atoms with Crippen molar-refractivity contribution < 1.29 is 31.9 Å². The number of nitrogens with two attached hydrogens (primary N) is 1. The molecule has 0 aliphatic rings. The van der Waals surface area contributed by atoms with Crippen LogP contribution in [0.5, 0.6) is 0 Å². The Morgan fingerprint density at radius 1 is 1.04 bits per heavy atom. The minimum Gasteiger partial charge on any atom is -0.454 e. The third kappa shape index (κ3) is 6.14. The van der Waals surface area contributed by atoms with Crippen LogP contribution in [0.25, 0.3) is 0 Å². The van der Waals surface area contributed by atoms with Crippen LogP contribution in [0.2, 0.25) is 0 Å². The zero-order valence-electron chi connectivity index (χ0n) is 14.3. The number of benzene rings is 2. The van der Waals surface area contributed by atoms with Crippen molar-refractivity contribution in [1.82, 2.24) is 5.32 Å². The maximum absolute atomic E-state index is 13.4. The Labute approximate surface area is 159 Å². The van der Waals surface area contributed by atoms with E-state index in [0.29, 0.717) is 0 Å². The number of primary sulfonamides is 1. The summed E-state index contributed by atoms with van der Waals surface area (Å²) in [5.74, 6) is -3.11. The minimum absolute atomic E-state index is 0.123. The molecule has 0 aromatic heterocycles. The molecule has 0 bridgehead atoms. The standard InChI is InChI=1S/C17H16FN3O6S/c18-14-4-2-1-3-13(14)17(24)20-9-16(23)27-10-15(22)21-11-5-7-12(8-6-11)28(19,25)26/h1-8H,9-10H2,(H,20,24)(H,21,22)(H2,19,25,26). The number of nitrogens with one attached hydrogen (secondary N) is 2. The van der Waals surface area contributed by atoms with Crippen LogP contribution in [-0.2, 0) is 24.3 Å². The molecule has 0 unspecified atom stereocenters. The lowest BCUT2D eigenvalue weighted by atomic mass is 10.2. The number of ether oxygens (including phenoxy) is 1. The molecule has 0 spiro atoms. The quantitative estimate of drug-likeness (QED) is 0.564. The maximum Gasteiger partial charge on any atom is 0.325 e. The van der Waals surface area contributed by atoms with E-state index in [-0.39, 0.29) is 16.1 Å². The topological polar surface area (TPSA) is 145 Å². The molecule has 2 amide bonds. The molecule has 0 fully saturated rings. The van der Waals surface area contributed by atoms with Gasteiger partial charge in [0.05, 0.1) is 10.5 Å². The fraction of sp³-hybridized carbons (Fsp3) is 0.118. The van der Waals surface area contributed by atoms with Crippen LogP contribution in [0.4, 0.5) is 10.1 Å². The molecule has 0 saturated heterocycles. The summed E-state index contributed by atoms with van der Waals surface area (Å²) in [4.78, 5) is 35.0. The lowest BCUT2D eigenvalue weighted by Gasteiger charge is -2.08. The smallest absolute Gasteiger partial charge is 0.325 e. The summed E-state index contributed by atoms with van der Waals surface area (Å²) >= 11 is 0. The molecule has 0 atom stereocenters. The average Bonchev–Trinajstić information content (AvgIpc) is 2.64. The van der Waals surface area contributed by atoms with Crippen molar-refractivity contribution in [3.63, 3.8) is 0 Å². The summed E-state index contributed by atoms with van der Waals surface area (Å²) in [6.45, 7) is -1.19. The van der Waals surface area contributed by atoms with E-state index in [0.717, 1.165) is 6.07 Å². The van der Waals surface area contributed by atoms with Crippen LogP contribution >= 0.6 is 0 Å². The van der Waals surface area contributed by atoms with E-state index in [4.69, 9.17) is 9.88 Å². The first-order valence-electron chi connectivity index (χ1n) is 7.78. The third-order valence-electron chi connectivity index (χ3n) is 3.34. The molecule has 4 N–H and O–H groups in total. The number of amides is 2. The number of hydrogen-bond donors (Lipinski definition) is 3. The van der Waals surface area contributed by atoms with E-state index < -0.39 is 46.8 Å². The van der Waals surface area contributed by atoms with Crippen molar-refractivity contribution in [2.24, 2.45) is 5.14 Å². The highest BCUT2D eigenvalue weighted by molar-refractivity contribution is 7.89. The van der Waals surface area contributed by atoms with Crippen molar-refractivity contribution in [3.8, 4) is 0 Å². The summed E-state index contributed by atoms with van der Waals surface area (Å²) in [7, 11) is -3.85. The lowest BCUT2D eigenvalue weighted by Crippen LogP contribution is -2.32. The number of carbonyl (C=O) groups is 3. The summed E-state index contributed by atoms with van der Waals surface area (Å²) in [6, 6.07) is 10.3. The van der Waals surface area contributed by atoms with Crippen molar-refractivity contribution in [1.29, 1.82) is 0 Å². The summed E-state index contributed by atoms with van der Waals surface area (Å²) < 4.78 is 40.4. The van der Waals surface area contributed by atoms with Gasteiger partial charge in [0.25, 0.3) is 11.8 Å². The van der Waals surface area contributed by atoms with Gasteiger partial charge in [-0.3, -0.25) is 14.4 Å². The van der Waals surface area contributed by atoms with Crippen molar-refractivity contribution >= 4 is 33.5 Å². The van der Waals surface area contributed by atoms with Crippen LogP contribution in [0.1, 0.15) is 10.4 Å². The fourth-order valence-electron chi connectivity index (χ4n) is 2.02. The molecule has 2 aromatic carbocycles. The second-order valence-corrected chi connectivity index (χ2v) is 7.00. The van der Waals surface area contributed by atoms with E-state index in [1.54, 1.807) is 0 Å². The molecule has 148 valence electrons. The highest BCUT2D eigenvalue weighted by atomic mass is 32.2.